The van der Waals surface area contributed by atoms with E-state index in [-0.39, 0.29) is 18.6 Å². The van der Waals surface area contributed by atoms with Crippen LogP contribution in [0.1, 0.15) is 49.4 Å². The van der Waals surface area contributed by atoms with Gasteiger partial charge in [-0.25, -0.2) is 0 Å². The van der Waals surface area contributed by atoms with Crippen molar-refractivity contribution in [2.24, 2.45) is 0 Å². The Labute approximate surface area is 136 Å². The Morgan fingerprint density at radius 2 is 1.87 bits per heavy atom. The van der Waals surface area contributed by atoms with Gasteiger partial charge in [-0.1, -0.05) is 50.5 Å². The highest BCUT2D eigenvalue weighted by Gasteiger charge is 2.30. The first kappa shape index (κ1) is 15.5. The van der Waals surface area contributed by atoms with E-state index >= 15 is 0 Å². The van der Waals surface area contributed by atoms with Gasteiger partial charge in [-0.2, -0.15) is 0 Å². The molecule has 1 aliphatic rings. The molecule has 4 heteroatoms. The number of benzene rings is 2. The molecule has 1 heterocycles. The number of anilines is 1. The first-order valence-electron chi connectivity index (χ1n) is 8.21. The van der Waals surface area contributed by atoms with Gasteiger partial charge in [-0.15, -0.1) is 0 Å². The summed E-state index contributed by atoms with van der Waals surface area (Å²) in [5, 5.41) is 1.97. The molecule has 1 aliphatic heterocycles. The van der Waals surface area contributed by atoms with E-state index in [0.29, 0.717) is 12.0 Å². The zero-order valence-corrected chi connectivity index (χ0v) is 13.4. The van der Waals surface area contributed by atoms with Gasteiger partial charge in [-0.3, -0.25) is 14.5 Å². The second kappa shape index (κ2) is 6.82. The van der Waals surface area contributed by atoms with E-state index in [1.54, 1.807) is 4.90 Å². The van der Waals surface area contributed by atoms with E-state index in [9.17, 15) is 9.59 Å². The molecule has 0 radical (unpaired) electrons. The van der Waals surface area contributed by atoms with E-state index in [1.165, 1.54) is 0 Å². The Hall–Kier alpha value is -2.36. The van der Waals surface area contributed by atoms with Gasteiger partial charge in [0, 0.05) is 17.4 Å². The molecular formula is C19H21NO3. The summed E-state index contributed by atoms with van der Waals surface area (Å²) in [6, 6.07) is 11.5. The predicted molar refractivity (Wildman–Crippen MR) is 90.5 cm³/mol. The minimum absolute atomic E-state index is 0.0146. The Bertz CT molecular complexity index is 733. The van der Waals surface area contributed by atoms with Crippen molar-refractivity contribution in [3.63, 3.8) is 0 Å². The van der Waals surface area contributed by atoms with Crippen LogP contribution in [0.5, 0.6) is 0 Å². The van der Waals surface area contributed by atoms with Gasteiger partial charge in [-0.05, 0) is 23.9 Å². The van der Waals surface area contributed by atoms with Crippen molar-refractivity contribution in [2.75, 3.05) is 11.6 Å². The van der Waals surface area contributed by atoms with Crippen LogP contribution in [0.3, 0.4) is 0 Å². The van der Waals surface area contributed by atoms with Crippen LogP contribution in [-0.4, -0.2) is 18.6 Å². The number of hydrogen-bond acceptors (Lipinski definition) is 3. The molecule has 3 rings (SSSR count). The number of rotatable bonds is 7. The maximum Gasteiger partial charge on any atom is 0.307 e. The lowest BCUT2D eigenvalue weighted by Crippen LogP contribution is -2.30. The summed E-state index contributed by atoms with van der Waals surface area (Å²) in [6.07, 6.45) is 4.57. The lowest BCUT2D eigenvalue weighted by Gasteiger charge is -2.17. The lowest BCUT2D eigenvalue weighted by atomic mass is 10.1. The van der Waals surface area contributed by atoms with Gasteiger partial charge in [0.15, 0.2) is 6.73 Å². The number of unbranched alkanes of at least 4 members (excludes halogenated alkanes) is 3. The smallest absolute Gasteiger partial charge is 0.307 e. The molecule has 0 aliphatic carbocycles. The molecule has 0 aromatic heterocycles. The summed E-state index contributed by atoms with van der Waals surface area (Å²) in [5.41, 5.74) is 1.50. The van der Waals surface area contributed by atoms with Crippen molar-refractivity contribution >= 4 is 28.3 Å². The molecule has 0 bridgehead atoms. The van der Waals surface area contributed by atoms with Gasteiger partial charge in [0.05, 0.1) is 5.69 Å². The van der Waals surface area contributed by atoms with Crippen molar-refractivity contribution in [1.29, 1.82) is 0 Å². The van der Waals surface area contributed by atoms with Crippen molar-refractivity contribution in [3.05, 3.63) is 42.0 Å². The molecule has 0 fully saturated rings. The Kier molecular flexibility index (Phi) is 4.60. The van der Waals surface area contributed by atoms with Crippen molar-refractivity contribution in [3.8, 4) is 0 Å². The van der Waals surface area contributed by atoms with Gasteiger partial charge < -0.3 is 4.74 Å². The van der Waals surface area contributed by atoms with Crippen molar-refractivity contribution < 1.29 is 14.3 Å². The highest BCUT2D eigenvalue weighted by molar-refractivity contribution is 6.24. The Morgan fingerprint density at radius 3 is 2.65 bits per heavy atom. The predicted octanol–water partition coefficient (Wildman–Crippen LogP) is 4.27. The fourth-order valence-electron chi connectivity index (χ4n) is 3.01. The zero-order valence-electron chi connectivity index (χ0n) is 13.4. The molecule has 4 nitrogen and oxygen atoms in total. The first-order valence-corrected chi connectivity index (χ1v) is 8.21. The standard InChI is InChI=1S/C19H21NO3/c1-2-3-4-5-12-17(21)23-13-20-16-11-7-9-14-8-6-10-15(18(14)16)19(20)22/h6-11H,2-5,12-13H2,1H3. The highest BCUT2D eigenvalue weighted by atomic mass is 16.5. The van der Waals surface area contributed by atoms with E-state index in [1.807, 2.05) is 36.4 Å². The second-order valence-corrected chi connectivity index (χ2v) is 5.87. The number of hydrogen-bond donors (Lipinski definition) is 0. The molecule has 0 spiro atoms. The minimum Gasteiger partial charge on any atom is -0.444 e. The third kappa shape index (κ3) is 3.07. The van der Waals surface area contributed by atoms with Gasteiger partial charge in [0.25, 0.3) is 5.91 Å². The maximum atomic E-state index is 12.5. The molecule has 2 aromatic carbocycles. The second-order valence-electron chi connectivity index (χ2n) is 5.87. The summed E-state index contributed by atoms with van der Waals surface area (Å²) in [6.45, 7) is 2.12. The average Bonchev–Trinajstić information content (AvgIpc) is 2.84. The van der Waals surface area contributed by atoms with Gasteiger partial charge in [0.1, 0.15) is 0 Å². The normalized spacial score (nSPS) is 12.9. The zero-order chi connectivity index (χ0) is 16.2. The number of carbonyl (C=O) groups excluding carboxylic acids is 2. The molecule has 0 atom stereocenters. The Balaban J connectivity index is 1.65. The monoisotopic (exact) mass is 311 g/mol. The number of amides is 1. The number of ether oxygens (including phenoxy) is 1. The maximum absolute atomic E-state index is 12.5. The van der Waals surface area contributed by atoms with Crippen molar-refractivity contribution in [2.45, 2.75) is 39.0 Å². The molecule has 0 saturated carbocycles. The van der Waals surface area contributed by atoms with Crippen LogP contribution in [0.4, 0.5) is 5.69 Å². The average molecular weight is 311 g/mol. The van der Waals surface area contributed by atoms with E-state index in [4.69, 9.17) is 4.74 Å². The molecule has 0 saturated heterocycles. The fraction of sp³-hybridized carbons (Fsp3) is 0.368. The summed E-state index contributed by atoms with van der Waals surface area (Å²) >= 11 is 0. The van der Waals surface area contributed by atoms with E-state index in [0.717, 1.165) is 42.1 Å². The fourth-order valence-corrected chi connectivity index (χ4v) is 3.01. The molecule has 1 amide bonds. The summed E-state index contributed by atoms with van der Waals surface area (Å²) in [4.78, 5) is 25.9. The highest BCUT2D eigenvalue weighted by Crippen LogP contribution is 2.36. The largest absolute Gasteiger partial charge is 0.444 e. The molecule has 0 unspecified atom stereocenters. The van der Waals surface area contributed by atoms with E-state index in [2.05, 4.69) is 6.92 Å². The van der Waals surface area contributed by atoms with Crippen LogP contribution in [-0.2, 0) is 9.53 Å². The lowest BCUT2D eigenvalue weighted by molar-refractivity contribution is -0.143. The molecular weight excluding hydrogens is 290 g/mol. The van der Waals surface area contributed by atoms with E-state index < -0.39 is 0 Å². The molecule has 0 N–H and O–H groups in total. The van der Waals surface area contributed by atoms with Crippen LogP contribution >= 0.6 is 0 Å². The summed E-state index contributed by atoms with van der Waals surface area (Å²) < 4.78 is 5.31. The molecule has 120 valence electrons. The first-order chi connectivity index (χ1) is 11.2. The Morgan fingerprint density at radius 1 is 1.09 bits per heavy atom. The SMILES string of the molecule is CCCCCCC(=O)OCN1C(=O)c2cccc3cccc1c23. The quantitative estimate of drug-likeness (QED) is 0.566. The van der Waals surface area contributed by atoms with Gasteiger partial charge in [0.2, 0.25) is 0 Å². The van der Waals surface area contributed by atoms with Crippen molar-refractivity contribution in [1.82, 2.24) is 0 Å². The van der Waals surface area contributed by atoms with Crippen LogP contribution in [0.15, 0.2) is 36.4 Å². The third-order valence-electron chi connectivity index (χ3n) is 4.24. The minimum atomic E-state index is -0.239. The third-order valence-corrected chi connectivity index (χ3v) is 4.24. The topological polar surface area (TPSA) is 46.6 Å². The summed E-state index contributed by atoms with van der Waals surface area (Å²) in [5.74, 6) is -0.340. The van der Waals surface area contributed by atoms with Crippen LogP contribution < -0.4 is 4.90 Å². The van der Waals surface area contributed by atoms with Crippen LogP contribution in [0.2, 0.25) is 0 Å². The van der Waals surface area contributed by atoms with Crippen LogP contribution in [0, 0.1) is 0 Å². The molecule has 23 heavy (non-hydrogen) atoms. The number of nitrogens with zero attached hydrogens (tertiary/aromatic N) is 1. The number of esters is 1. The van der Waals surface area contributed by atoms with Crippen LogP contribution in [0.25, 0.3) is 10.8 Å². The van der Waals surface area contributed by atoms with Gasteiger partial charge >= 0.3 is 5.97 Å². The summed E-state index contributed by atoms with van der Waals surface area (Å²) in [7, 11) is 0. The molecule has 2 aromatic rings. The number of carbonyl (C=O) groups is 2.